The van der Waals surface area contributed by atoms with Crippen molar-refractivity contribution in [1.29, 1.82) is 0 Å². The number of fused-ring (bicyclic) bond motifs is 3. The van der Waals surface area contributed by atoms with Crippen molar-refractivity contribution in [3.63, 3.8) is 0 Å². The molecule has 0 spiro atoms. The summed E-state index contributed by atoms with van der Waals surface area (Å²) >= 11 is 7.65. The molecular weight excluding hydrogens is 418 g/mol. The van der Waals surface area contributed by atoms with Crippen LogP contribution in [0.4, 0.5) is 0 Å². The third-order valence-corrected chi connectivity index (χ3v) is 7.67. The van der Waals surface area contributed by atoms with Gasteiger partial charge in [-0.05, 0) is 55.0 Å². The average molecular weight is 442 g/mol. The second-order valence-corrected chi connectivity index (χ2v) is 9.87. The van der Waals surface area contributed by atoms with Gasteiger partial charge in [0.05, 0.1) is 6.54 Å². The first-order chi connectivity index (χ1) is 14.5. The normalized spacial score (nSPS) is 21.9. The van der Waals surface area contributed by atoms with Crippen molar-refractivity contribution in [2.24, 2.45) is 0 Å². The van der Waals surface area contributed by atoms with Crippen LogP contribution in [0.25, 0.3) is 10.2 Å². The summed E-state index contributed by atoms with van der Waals surface area (Å²) in [5, 5.41) is 6.97. The van der Waals surface area contributed by atoms with Gasteiger partial charge in [-0.15, -0.1) is 11.3 Å². The summed E-state index contributed by atoms with van der Waals surface area (Å²) in [4.78, 5) is 29.9. The van der Waals surface area contributed by atoms with Crippen molar-refractivity contribution in [3.8, 4) is 0 Å². The number of hydrogen-bond donors (Lipinski definition) is 1. The zero-order valence-electron chi connectivity index (χ0n) is 16.9. The van der Waals surface area contributed by atoms with E-state index in [4.69, 9.17) is 11.6 Å². The molecule has 1 aliphatic carbocycles. The number of halogens is 1. The maximum Gasteiger partial charge on any atom is 0.271 e. The van der Waals surface area contributed by atoms with Gasteiger partial charge in [0.25, 0.3) is 5.91 Å². The third-order valence-electron chi connectivity index (χ3n) is 6.46. The summed E-state index contributed by atoms with van der Waals surface area (Å²) in [5.74, 6) is -0.176. The fourth-order valence-corrected chi connectivity index (χ4v) is 5.71. The lowest BCUT2D eigenvalue weighted by Gasteiger charge is -2.44. The van der Waals surface area contributed by atoms with Gasteiger partial charge in [0.2, 0.25) is 5.91 Å². The highest BCUT2D eigenvalue weighted by Gasteiger charge is 2.48. The predicted molar refractivity (Wildman–Crippen MR) is 120 cm³/mol. The Morgan fingerprint density at radius 1 is 1.23 bits per heavy atom. The van der Waals surface area contributed by atoms with Crippen molar-refractivity contribution in [1.82, 2.24) is 14.8 Å². The van der Waals surface area contributed by atoms with Gasteiger partial charge in [-0.2, -0.15) is 0 Å². The highest BCUT2D eigenvalue weighted by Crippen LogP contribution is 2.36. The molecule has 1 aliphatic heterocycles. The first kappa shape index (κ1) is 19.6. The van der Waals surface area contributed by atoms with Crippen LogP contribution in [0, 0.1) is 0 Å². The summed E-state index contributed by atoms with van der Waals surface area (Å²) in [6.07, 6.45) is 4.31. The SMILES string of the molecule is CC1(C(=O)NC2CCCC2)Cn2c(cc3ccsc32)C(=O)N1Cc1ccc(Cl)cc1. The molecule has 1 unspecified atom stereocenters. The maximum absolute atomic E-state index is 13.6. The summed E-state index contributed by atoms with van der Waals surface area (Å²) < 4.78 is 2.02. The Morgan fingerprint density at radius 3 is 2.70 bits per heavy atom. The topological polar surface area (TPSA) is 54.3 Å². The number of carbonyl (C=O) groups is 2. The molecule has 2 aromatic heterocycles. The van der Waals surface area contributed by atoms with Gasteiger partial charge in [0.15, 0.2) is 0 Å². The van der Waals surface area contributed by atoms with Crippen molar-refractivity contribution < 1.29 is 9.59 Å². The number of nitrogens with one attached hydrogen (secondary N) is 1. The molecule has 5 rings (SSSR count). The van der Waals surface area contributed by atoms with E-state index >= 15 is 0 Å². The van der Waals surface area contributed by atoms with E-state index in [1.54, 1.807) is 16.2 Å². The molecule has 2 amide bonds. The zero-order valence-corrected chi connectivity index (χ0v) is 18.4. The summed E-state index contributed by atoms with van der Waals surface area (Å²) in [5.41, 5.74) is 0.633. The molecule has 1 saturated carbocycles. The number of carbonyl (C=O) groups excluding carboxylic acids is 2. The van der Waals surface area contributed by atoms with Gasteiger partial charge in [-0.25, -0.2) is 0 Å². The van der Waals surface area contributed by atoms with Crippen LogP contribution in [0.2, 0.25) is 5.02 Å². The second kappa shape index (κ2) is 7.43. The highest BCUT2D eigenvalue weighted by molar-refractivity contribution is 7.16. The molecule has 0 bridgehead atoms. The van der Waals surface area contributed by atoms with E-state index in [9.17, 15) is 9.59 Å². The van der Waals surface area contributed by atoms with Crippen LogP contribution < -0.4 is 5.32 Å². The van der Waals surface area contributed by atoms with E-state index in [-0.39, 0.29) is 17.9 Å². The van der Waals surface area contributed by atoms with Crippen molar-refractivity contribution in [2.45, 2.75) is 57.3 Å². The van der Waals surface area contributed by atoms with Crippen LogP contribution >= 0.6 is 22.9 Å². The Hall–Kier alpha value is -2.31. The minimum atomic E-state index is -0.970. The van der Waals surface area contributed by atoms with Crippen LogP contribution in [0.15, 0.2) is 41.8 Å². The summed E-state index contributed by atoms with van der Waals surface area (Å²) in [7, 11) is 0. The van der Waals surface area contributed by atoms with Crippen molar-refractivity contribution in [2.75, 3.05) is 0 Å². The quantitative estimate of drug-likeness (QED) is 0.630. The number of rotatable bonds is 4. The molecule has 5 nitrogen and oxygen atoms in total. The van der Waals surface area contributed by atoms with E-state index in [1.165, 1.54) is 0 Å². The molecule has 7 heteroatoms. The number of hydrogen-bond acceptors (Lipinski definition) is 3. The van der Waals surface area contributed by atoms with Gasteiger partial charge >= 0.3 is 0 Å². The van der Waals surface area contributed by atoms with Gasteiger partial charge in [0.1, 0.15) is 16.1 Å². The summed E-state index contributed by atoms with van der Waals surface area (Å²) in [6.45, 7) is 2.71. The van der Waals surface area contributed by atoms with Gasteiger partial charge < -0.3 is 14.8 Å². The Labute approximate surface area is 184 Å². The monoisotopic (exact) mass is 441 g/mol. The Morgan fingerprint density at radius 2 is 1.97 bits per heavy atom. The molecule has 3 aromatic rings. The third kappa shape index (κ3) is 3.22. The smallest absolute Gasteiger partial charge is 0.271 e. The van der Waals surface area contributed by atoms with Crippen LogP contribution in [-0.2, 0) is 17.9 Å². The van der Waals surface area contributed by atoms with Gasteiger partial charge in [0, 0.05) is 23.0 Å². The number of aromatic nitrogens is 1. The lowest BCUT2D eigenvalue weighted by molar-refractivity contribution is -0.133. The van der Waals surface area contributed by atoms with Crippen LogP contribution in [0.3, 0.4) is 0 Å². The molecule has 1 fully saturated rings. The molecule has 2 aliphatic rings. The molecule has 1 N–H and O–H groups in total. The lowest BCUT2D eigenvalue weighted by Crippen LogP contribution is -2.64. The maximum atomic E-state index is 13.6. The molecule has 30 heavy (non-hydrogen) atoms. The summed E-state index contributed by atoms with van der Waals surface area (Å²) in [6, 6.07) is 11.6. The Bertz CT molecular complexity index is 1110. The molecule has 1 aromatic carbocycles. The molecule has 156 valence electrons. The standard InChI is InChI=1S/C23H24ClN3O2S/c1-23(22(29)25-18-4-2-3-5-18)14-26-19(12-16-10-11-30-21(16)26)20(28)27(23)13-15-6-8-17(24)9-7-15/h6-12,18H,2-5,13-14H2,1H3,(H,25,29). The average Bonchev–Trinajstić information content (AvgIpc) is 3.45. The number of thiophene rings is 1. The number of nitrogens with zero attached hydrogens (tertiary/aromatic N) is 2. The Balaban J connectivity index is 1.54. The zero-order chi connectivity index (χ0) is 20.9. The van der Waals surface area contributed by atoms with Crippen molar-refractivity contribution >= 4 is 45.0 Å². The lowest BCUT2D eigenvalue weighted by atomic mass is 9.93. The van der Waals surface area contributed by atoms with Gasteiger partial charge in [-0.1, -0.05) is 36.6 Å². The van der Waals surface area contributed by atoms with Crippen molar-refractivity contribution in [3.05, 3.63) is 58.1 Å². The molecule has 1 atom stereocenters. The minimum absolute atomic E-state index is 0.0687. The van der Waals surface area contributed by atoms with E-state index in [0.717, 1.165) is 41.5 Å². The second-order valence-electron chi connectivity index (χ2n) is 8.54. The van der Waals surface area contributed by atoms with E-state index in [1.807, 2.05) is 53.3 Å². The Kier molecular flexibility index (Phi) is 4.86. The molecular formula is C23H24ClN3O2S. The van der Waals surface area contributed by atoms with Crippen LogP contribution in [0.5, 0.6) is 0 Å². The predicted octanol–water partition coefficient (Wildman–Crippen LogP) is 4.83. The van der Waals surface area contributed by atoms with Crippen LogP contribution in [0.1, 0.15) is 48.7 Å². The molecule has 0 saturated heterocycles. The number of benzene rings is 1. The van der Waals surface area contributed by atoms with E-state index in [0.29, 0.717) is 23.8 Å². The first-order valence-electron chi connectivity index (χ1n) is 10.4. The number of amides is 2. The van der Waals surface area contributed by atoms with E-state index < -0.39 is 5.54 Å². The fourth-order valence-electron chi connectivity index (χ4n) is 4.69. The molecule has 3 heterocycles. The van der Waals surface area contributed by atoms with Gasteiger partial charge in [-0.3, -0.25) is 9.59 Å². The largest absolute Gasteiger partial charge is 0.351 e. The first-order valence-corrected chi connectivity index (χ1v) is 11.7. The highest BCUT2D eigenvalue weighted by atomic mass is 35.5. The fraction of sp³-hybridized carbons (Fsp3) is 0.391. The minimum Gasteiger partial charge on any atom is -0.351 e. The van der Waals surface area contributed by atoms with E-state index in [2.05, 4.69) is 5.32 Å². The molecule has 0 radical (unpaired) electrons. The van der Waals surface area contributed by atoms with Crippen LogP contribution in [-0.4, -0.2) is 32.9 Å².